The lowest BCUT2D eigenvalue weighted by molar-refractivity contribution is -0.104. The van der Waals surface area contributed by atoms with E-state index in [2.05, 4.69) is 48.2 Å². The number of carbonyl (C=O) groups excluding carboxylic acids is 2. The minimum atomic E-state index is 0.815. The van der Waals surface area contributed by atoms with E-state index in [-0.39, 0.29) is 0 Å². The number of anilines is 2. The van der Waals surface area contributed by atoms with E-state index in [1.54, 1.807) is 12.2 Å². The minimum Gasteiger partial charge on any atom is -0.341 e. The first kappa shape index (κ1) is 20.8. The van der Waals surface area contributed by atoms with Crippen molar-refractivity contribution in [3.05, 3.63) is 70.8 Å². The van der Waals surface area contributed by atoms with Crippen LogP contribution in [0.15, 0.2) is 48.6 Å². The van der Waals surface area contributed by atoms with Crippen LogP contribution in [-0.4, -0.2) is 19.1 Å². The second-order valence-electron chi connectivity index (χ2n) is 7.48. The van der Waals surface area contributed by atoms with E-state index in [9.17, 15) is 9.59 Å². The first-order chi connectivity index (χ1) is 14.3. The standard InChI is InChI=1S/C26H29NO2/c1-2-3-4-5-16-27-25-14-10-21(8-6-17-28)19-23(25)12-13-24-20-22(9-7-18-29)11-15-26(24)27/h6-11,14-15,17-20H,2-5,12-13,16H2,1H3/b8-6+,9-7+. The Bertz CT molecular complexity index is 841. The van der Waals surface area contributed by atoms with Gasteiger partial charge in [0.1, 0.15) is 12.6 Å². The van der Waals surface area contributed by atoms with E-state index in [4.69, 9.17) is 0 Å². The molecule has 0 radical (unpaired) electrons. The number of aryl methyl sites for hydroxylation is 2. The van der Waals surface area contributed by atoms with Crippen molar-refractivity contribution in [2.75, 3.05) is 11.4 Å². The number of unbranched alkanes of at least 4 members (excludes halogenated alkanes) is 3. The number of allylic oxidation sites excluding steroid dienone is 2. The van der Waals surface area contributed by atoms with E-state index >= 15 is 0 Å². The van der Waals surface area contributed by atoms with Crippen LogP contribution in [0.3, 0.4) is 0 Å². The number of carbonyl (C=O) groups is 2. The lowest BCUT2D eigenvalue weighted by atomic mass is 10.0. The highest BCUT2D eigenvalue weighted by molar-refractivity contribution is 5.78. The smallest absolute Gasteiger partial charge is 0.142 e. The van der Waals surface area contributed by atoms with Gasteiger partial charge in [0.2, 0.25) is 0 Å². The van der Waals surface area contributed by atoms with E-state index in [1.165, 1.54) is 41.8 Å². The number of nitrogens with zero attached hydrogens (tertiary/aromatic N) is 1. The van der Waals surface area contributed by atoms with Gasteiger partial charge in [0.05, 0.1) is 0 Å². The molecule has 1 heterocycles. The maximum absolute atomic E-state index is 10.7. The average Bonchev–Trinajstić information content (AvgIpc) is 2.90. The molecule has 150 valence electrons. The number of hydrogen-bond donors (Lipinski definition) is 0. The predicted molar refractivity (Wildman–Crippen MR) is 122 cm³/mol. The van der Waals surface area contributed by atoms with Crippen LogP contribution in [0.1, 0.15) is 54.9 Å². The van der Waals surface area contributed by atoms with Crippen LogP contribution >= 0.6 is 0 Å². The molecule has 0 saturated heterocycles. The molecule has 1 aliphatic heterocycles. The van der Waals surface area contributed by atoms with Crippen molar-refractivity contribution in [3.63, 3.8) is 0 Å². The molecule has 29 heavy (non-hydrogen) atoms. The molecule has 3 nitrogen and oxygen atoms in total. The molecule has 0 spiro atoms. The Kier molecular flexibility index (Phi) is 7.57. The number of hydrogen-bond acceptors (Lipinski definition) is 3. The summed E-state index contributed by atoms with van der Waals surface area (Å²) in [5.41, 5.74) is 7.27. The fourth-order valence-corrected chi connectivity index (χ4v) is 3.98. The van der Waals surface area contributed by atoms with Gasteiger partial charge in [-0.15, -0.1) is 0 Å². The third-order valence-electron chi connectivity index (χ3n) is 5.42. The van der Waals surface area contributed by atoms with Crippen LogP contribution in [0, 0.1) is 0 Å². The maximum atomic E-state index is 10.7. The molecular weight excluding hydrogens is 358 g/mol. The molecule has 0 atom stereocenters. The monoisotopic (exact) mass is 387 g/mol. The van der Waals surface area contributed by atoms with Crippen LogP contribution in [0.4, 0.5) is 11.4 Å². The van der Waals surface area contributed by atoms with Gasteiger partial charge in [0, 0.05) is 17.9 Å². The van der Waals surface area contributed by atoms with Gasteiger partial charge in [0.25, 0.3) is 0 Å². The first-order valence-electron chi connectivity index (χ1n) is 10.5. The Hall–Kier alpha value is -2.94. The van der Waals surface area contributed by atoms with E-state index in [0.29, 0.717) is 0 Å². The average molecular weight is 388 g/mol. The van der Waals surface area contributed by atoms with Crippen LogP contribution in [0.5, 0.6) is 0 Å². The normalized spacial score (nSPS) is 13.3. The summed E-state index contributed by atoms with van der Waals surface area (Å²) in [5, 5.41) is 0. The Morgan fingerprint density at radius 3 is 1.83 bits per heavy atom. The van der Waals surface area contributed by atoms with Gasteiger partial charge in [-0.1, -0.05) is 50.5 Å². The van der Waals surface area contributed by atoms with Crippen LogP contribution < -0.4 is 4.90 Å². The van der Waals surface area contributed by atoms with Gasteiger partial charge in [0.15, 0.2) is 0 Å². The number of rotatable bonds is 9. The molecule has 0 amide bonds. The molecule has 2 aromatic rings. The zero-order valence-corrected chi connectivity index (χ0v) is 17.1. The molecule has 0 fully saturated rings. The zero-order chi connectivity index (χ0) is 20.5. The second kappa shape index (κ2) is 10.6. The van der Waals surface area contributed by atoms with Crippen LogP contribution in [-0.2, 0) is 22.4 Å². The Balaban J connectivity index is 1.97. The first-order valence-corrected chi connectivity index (χ1v) is 10.5. The quantitative estimate of drug-likeness (QED) is 0.304. The number of benzene rings is 2. The lowest BCUT2D eigenvalue weighted by Gasteiger charge is -2.27. The molecule has 0 unspecified atom stereocenters. The Labute approximate surface area is 173 Å². The number of fused-ring (bicyclic) bond motifs is 2. The Morgan fingerprint density at radius 1 is 0.793 bits per heavy atom. The molecule has 3 heteroatoms. The molecule has 0 bridgehead atoms. The third-order valence-corrected chi connectivity index (χ3v) is 5.42. The molecule has 0 aliphatic carbocycles. The maximum Gasteiger partial charge on any atom is 0.142 e. The lowest BCUT2D eigenvalue weighted by Crippen LogP contribution is -2.19. The second-order valence-corrected chi connectivity index (χ2v) is 7.48. The van der Waals surface area contributed by atoms with E-state index in [0.717, 1.165) is 49.5 Å². The highest BCUT2D eigenvalue weighted by Gasteiger charge is 2.20. The van der Waals surface area contributed by atoms with Gasteiger partial charge >= 0.3 is 0 Å². The van der Waals surface area contributed by atoms with Crippen molar-refractivity contribution >= 4 is 36.1 Å². The zero-order valence-electron chi connectivity index (χ0n) is 17.1. The third kappa shape index (κ3) is 5.32. The van der Waals surface area contributed by atoms with Crippen molar-refractivity contribution in [3.8, 4) is 0 Å². The highest BCUT2D eigenvalue weighted by Crippen LogP contribution is 2.37. The summed E-state index contributed by atoms with van der Waals surface area (Å²) in [4.78, 5) is 23.8. The van der Waals surface area contributed by atoms with Crippen molar-refractivity contribution in [1.29, 1.82) is 0 Å². The molecule has 3 rings (SSSR count). The molecule has 0 aromatic heterocycles. The summed E-state index contributed by atoms with van der Waals surface area (Å²) in [6.07, 6.45) is 15.2. The fourth-order valence-electron chi connectivity index (χ4n) is 3.98. The molecule has 2 aromatic carbocycles. The topological polar surface area (TPSA) is 37.4 Å². The summed E-state index contributed by atoms with van der Waals surface area (Å²) in [7, 11) is 0. The van der Waals surface area contributed by atoms with E-state index in [1.807, 2.05) is 12.2 Å². The van der Waals surface area contributed by atoms with Crippen LogP contribution in [0.25, 0.3) is 12.2 Å². The van der Waals surface area contributed by atoms with Crippen molar-refractivity contribution in [1.82, 2.24) is 0 Å². The van der Waals surface area contributed by atoms with Gasteiger partial charge in [-0.3, -0.25) is 9.59 Å². The van der Waals surface area contributed by atoms with Gasteiger partial charge in [-0.05, 0) is 77.9 Å². The van der Waals surface area contributed by atoms with Crippen molar-refractivity contribution in [2.24, 2.45) is 0 Å². The largest absolute Gasteiger partial charge is 0.341 e. The Morgan fingerprint density at radius 2 is 1.34 bits per heavy atom. The molecule has 0 N–H and O–H groups in total. The molecule has 1 aliphatic rings. The number of aldehydes is 2. The predicted octanol–water partition coefficient (Wildman–Crippen LogP) is 5.93. The van der Waals surface area contributed by atoms with E-state index < -0.39 is 0 Å². The molecule has 0 saturated carbocycles. The fraction of sp³-hybridized carbons (Fsp3) is 0.308. The van der Waals surface area contributed by atoms with Crippen molar-refractivity contribution < 1.29 is 9.59 Å². The minimum absolute atomic E-state index is 0.815. The molecular formula is C26H29NO2. The summed E-state index contributed by atoms with van der Waals surface area (Å²) in [5.74, 6) is 0. The summed E-state index contributed by atoms with van der Waals surface area (Å²) < 4.78 is 0. The van der Waals surface area contributed by atoms with Gasteiger partial charge < -0.3 is 4.90 Å². The van der Waals surface area contributed by atoms with Crippen molar-refractivity contribution in [2.45, 2.75) is 45.4 Å². The summed E-state index contributed by atoms with van der Waals surface area (Å²) in [6.45, 7) is 3.23. The SMILES string of the molecule is CCCCCCN1c2ccc(/C=C/C=O)cc2CCc2cc(/C=C/C=O)ccc21. The van der Waals surface area contributed by atoms with Crippen LogP contribution in [0.2, 0.25) is 0 Å². The highest BCUT2D eigenvalue weighted by atomic mass is 16.1. The summed E-state index contributed by atoms with van der Waals surface area (Å²) in [6, 6.07) is 13.0. The summed E-state index contributed by atoms with van der Waals surface area (Å²) >= 11 is 0. The van der Waals surface area contributed by atoms with Gasteiger partial charge in [-0.25, -0.2) is 0 Å². The van der Waals surface area contributed by atoms with Gasteiger partial charge in [-0.2, -0.15) is 0 Å².